The van der Waals surface area contributed by atoms with Crippen molar-refractivity contribution in [2.75, 3.05) is 19.7 Å². The molecule has 1 aromatic carbocycles. The fourth-order valence-corrected chi connectivity index (χ4v) is 3.31. The van der Waals surface area contributed by atoms with Crippen LogP contribution >= 0.6 is 11.6 Å². The van der Waals surface area contributed by atoms with E-state index in [1.807, 2.05) is 13.0 Å². The molecule has 1 heterocycles. The van der Waals surface area contributed by atoms with Crippen LogP contribution in [-0.4, -0.2) is 41.7 Å². The van der Waals surface area contributed by atoms with Crippen LogP contribution in [0.5, 0.6) is 5.75 Å². The average molecular weight is 296 g/mol. The molecule has 108 valence electrons. The molecule has 0 spiro atoms. The Morgan fingerprint density at radius 3 is 2.95 bits per heavy atom. The monoisotopic (exact) mass is 295 g/mol. The Kier molecular flexibility index (Phi) is 3.61. The molecule has 1 saturated carbocycles. The van der Waals surface area contributed by atoms with Crippen molar-refractivity contribution in [1.29, 1.82) is 0 Å². The van der Waals surface area contributed by atoms with E-state index >= 15 is 0 Å². The minimum Gasteiger partial charge on any atom is -0.483 e. The summed E-state index contributed by atoms with van der Waals surface area (Å²) in [5.74, 6) is 1.42. The molecule has 4 nitrogen and oxygen atoms in total. The second-order valence-electron chi connectivity index (χ2n) is 5.72. The van der Waals surface area contributed by atoms with Crippen LogP contribution in [-0.2, 0) is 4.79 Å². The van der Waals surface area contributed by atoms with Crippen molar-refractivity contribution in [2.45, 2.75) is 19.4 Å². The molecule has 3 rings (SSSR count). The lowest BCUT2D eigenvalue weighted by molar-refractivity contribution is -0.132. The fraction of sp³-hybridized carbons (Fsp3) is 0.533. The molecular formula is C15H18ClNO3. The van der Waals surface area contributed by atoms with Crippen molar-refractivity contribution in [2.24, 2.45) is 11.8 Å². The number of halogens is 1. The Balaban J connectivity index is 1.55. The number of nitrogens with zero attached hydrogens (tertiary/aromatic N) is 1. The van der Waals surface area contributed by atoms with E-state index in [2.05, 4.69) is 0 Å². The van der Waals surface area contributed by atoms with E-state index in [9.17, 15) is 9.90 Å². The molecule has 3 atom stereocenters. The molecule has 20 heavy (non-hydrogen) atoms. The third kappa shape index (κ3) is 2.50. The first-order chi connectivity index (χ1) is 9.54. The van der Waals surface area contributed by atoms with E-state index in [0.29, 0.717) is 23.2 Å². The first-order valence-corrected chi connectivity index (χ1v) is 7.27. The third-order valence-corrected chi connectivity index (χ3v) is 4.61. The number of hydrogen-bond acceptors (Lipinski definition) is 3. The lowest BCUT2D eigenvalue weighted by Gasteiger charge is -2.34. The topological polar surface area (TPSA) is 49.8 Å². The van der Waals surface area contributed by atoms with Crippen LogP contribution in [0.2, 0.25) is 5.02 Å². The van der Waals surface area contributed by atoms with Crippen LogP contribution in [0.3, 0.4) is 0 Å². The second-order valence-corrected chi connectivity index (χ2v) is 6.16. The molecule has 0 aromatic heterocycles. The van der Waals surface area contributed by atoms with E-state index < -0.39 is 0 Å². The minimum absolute atomic E-state index is 0.0130. The van der Waals surface area contributed by atoms with Gasteiger partial charge in [0, 0.05) is 24.0 Å². The van der Waals surface area contributed by atoms with Crippen molar-refractivity contribution in [3.63, 3.8) is 0 Å². The maximum absolute atomic E-state index is 12.1. The number of aryl methyl sites for hydroxylation is 1. The predicted molar refractivity (Wildman–Crippen MR) is 75.9 cm³/mol. The highest BCUT2D eigenvalue weighted by molar-refractivity contribution is 6.30. The molecule has 5 heteroatoms. The van der Waals surface area contributed by atoms with Crippen molar-refractivity contribution in [1.82, 2.24) is 4.90 Å². The second kappa shape index (κ2) is 5.26. The zero-order valence-corrected chi connectivity index (χ0v) is 12.1. The highest BCUT2D eigenvalue weighted by atomic mass is 35.5. The lowest BCUT2D eigenvalue weighted by Crippen LogP contribution is -2.40. The van der Waals surface area contributed by atoms with Crippen molar-refractivity contribution < 1.29 is 14.6 Å². The number of likely N-dealkylation sites (tertiary alicyclic amines) is 1. The number of benzene rings is 1. The third-order valence-electron chi connectivity index (χ3n) is 4.37. The van der Waals surface area contributed by atoms with Gasteiger partial charge in [-0.3, -0.25) is 4.79 Å². The molecular weight excluding hydrogens is 278 g/mol. The van der Waals surface area contributed by atoms with E-state index in [1.54, 1.807) is 17.0 Å². The normalized spacial score (nSPS) is 27.9. The number of ether oxygens (including phenoxy) is 1. The van der Waals surface area contributed by atoms with Gasteiger partial charge in [0.15, 0.2) is 6.61 Å². The molecule has 1 aromatic rings. The van der Waals surface area contributed by atoms with Crippen LogP contribution in [0.1, 0.15) is 12.0 Å². The van der Waals surface area contributed by atoms with Gasteiger partial charge in [0.25, 0.3) is 5.91 Å². The van der Waals surface area contributed by atoms with Gasteiger partial charge in [-0.05, 0) is 43.0 Å². The lowest BCUT2D eigenvalue weighted by atomic mass is 9.74. The summed E-state index contributed by atoms with van der Waals surface area (Å²) >= 11 is 5.88. The van der Waals surface area contributed by atoms with Crippen LogP contribution in [0, 0.1) is 18.8 Å². The number of aliphatic hydroxyl groups is 1. The summed E-state index contributed by atoms with van der Waals surface area (Å²) in [6.45, 7) is 3.35. The first-order valence-electron chi connectivity index (χ1n) is 6.89. The van der Waals surface area contributed by atoms with E-state index in [-0.39, 0.29) is 24.5 Å². The predicted octanol–water partition coefficient (Wildman–Crippen LogP) is 1.87. The first kappa shape index (κ1) is 13.7. The van der Waals surface area contributed by atoms with Gasteiger partial charge in [0.2, 0.25) is 0 Å². The summed E-state index contributed by atoms with van der Waals surface area (Å²) in [5, 5.41) is 10.3. The Morgan fingerprint density at radius 2 is 2.30 bits per heavy atom. The Bertz CT molecular complexity index is 534. The summed E-state index contributed by atoms with van der Waals surface area (Å²) in [5.41, 5.74) is 0.919. The molecule has 1 amide bonds. The standard InChI is InChI=1S/C15H18ClNO3/c1-9-4-11(16)2-3-14(9)20-8-15(19)17-6-10-5-13(18)12(10)7-17/h2-4,10,12-13,18H,5-8H2,1H3/t10-,12+,13-/m1/s1. The average Bonchev–Trinajstić information content (AvgIpc) is 2.75. The molecule has 0 unspecified atom stereocenters. The van der Waals surface area contributed by atoms with Crippen molar-refractivity contribution in [3.8, 4) is 5.75 Å². The highest BCUT2D eigenvalue weighted by Gasteiger charge is 2.47. The SMILES string of the molecule is Cc1cc(Cl)ccc1OCC(=O)N1C[C@H]2C[C@@H](O)[C@H]2C1. The molecule has 0 radical (unpaired) electrons. The number of aliphatic hydroxyl groups excluding tert-OH is 1. The number of hydrogen-bond donors (Lipinski definition) is 1. The maximum atomic E-state index is 12.1. The number of amides is 1. The van der Waals surface area contributed by atoms with Crippen LogP contribution in [0.4, 0.5) is 0 Å². The molecule has 1 aliphatic heterocycles. The largest absolute Gasteiger partial charge is 0.483 e. The van der Waals surface area contributed by atoms with Gasteiger partial charge in [-0.2, -0.15) is 0 Å². The zero-order chi connectivity index (χ0) is 14.3. The molecule has 2 fully saturated rings. The van der Waals surface area contributed by atoms with Gasteiger partial charge in [-0.15, -0.1) is 0 Å². The van der Waals surface area contributed by atoms with E-state index in [4.69, 9.17) is 16.3 Å². The number of fused-ring (bicyclic) bond motifs is 1. The molecule has 2 aliphatic rings. The summed E-state index contributed by atoms with van der Waals surface area (Å²) in [6.07, 6.45) is 0.600. The van der Waals surface area contributed by atoms with Crippen LogP contribution in [0.25, 0.3) is 0 Å². The van der Waals surface area contributed by atoms with E-state index in [1.165, 1.54) is 0 Å². The van der Waals surface area contributed by atoms with Crippen LogP contribution < -0.4 is 4.74 Å². The quantitative estimate of drug-likeness (QED) is 0.926. The van der Waals surface area contributed by atoms with Crippen molar-refractivity contribution in [3.05, 3.63) is 28.8 Å². The summed E-state index contributed by atoms with van der Waals surface area (Å²) in [7, 11) is 0. The minimum atomic E-state index is -0.225. The van der Waals surface area contributed by atoms with Gasteiger partial charge in [-0.25, -0.2) is 0 Å². The number of carbonyl (C=O) groups excluding carboxylic acids is 1. The zero-order valence-electron chi connectivity index (χ0n) is 11.4. The highest BCUT2D eigenvalue weighted by Crippen LogP contribution is 2.40. The maximum Gasteiger partial charge on any atom is 0.260 e. The number of rotatable bonds is 3. The Hall–Kier alpha value is -1.26. The summed E-state index contributed by atoms with van der Waals surface area (Å²) in [4.78, 5) is 13.9. The summed E-state index contributed by atoms with van der Waals surface area (Å²) < 4.78 is 5.57. The van der Waals surface area contributed by atoms with Gasteiger partial charge in [-0.1, -0.05) is 11.6 Å². The van der Waals surface area contributed by atoms with Gasteiger partial charge < -0.3 is 14.7 Å². The molecule has 1 N–H and O–H groups in total. The van der Waals surface area contributed by atoms with Crippen molar-refractivity contribution >= 4 is 17.5 Å². The molecule has 1 aliphatic carbocycles. The van der Waals surface area contributed by atoms with Gasteiger partial charge in [0.1, 0.15) is 5.75 Å². The van der Waals surface area contributed by atoms with Gasteiger partial charge >= 0.3 is 0 Å². The Morgan fingerprint density at radius 1 is 1.50 bits per heavy atom. The van der Waals surface area contributed by atoms with Gasteiger partial charge in [0.05, 0.1) is 6.10 Å². The summed E-state index contributed by atoms with van der Waals surface area (Å²) in [6, 6.07) is 5.34. The fourth-order valence-electron chi connectivity index (χ4n) is 3.08. The van der Waals surface area contributed by atoms with E-state index in [0.717, 1.165) is 18.5 Å². The number of carbonyl (C=O) groups is 1. The Labute approximate surface area is 123 Å². The van der Waals surface area contributed by atoms with Crippen LogP contribution in [0.15, 0.2) is 18.2 Å². The molecule has 1 saturated heterocycles. The smallest absolute Gasteiger partial charge is 0.260 e. The molecule has 0 bridgehead atoms.